The third-order valence-corrected chi connectivity index (χ3v) is 6.67. The summed E-state index contributed by atoms with van der Waals surface area (Å²) in [5.41, 5.74) is 1.80. The number of carbonyl (C=O) groups excluding carboxylic acids is 3. The Kier molecular flexibility index (Phi) is 6.58. The molecule has 0 spiro atoms. The molecule has 3 aromatic carbocycles. The Morgan fingerprint density at radius 3 is 2.30 bits per heavy atom. The van der Waals surface area contributed by atoms with E-state index in [0.29, 0.717) is 33.3 Å². The number of halogens is 2. The van der Waals surface area contributed by atoms with Crippen LogP contribution in [-0.4, -0.2) is 42.3 Å². The van der Waals surface area contributed by atoms with Crippen LogP contribution in [-0.2, 0) is 16.1 Å². The van der Waals surface area contributed by atoms with Crippen molar-refractivity contribution in [2.45, 2.75) is 25.9 Å². The summed E-state index contributed by atoms with van der Waals surface area (Å²) in [5.74, 6) is -0.911. The Balaban J connectivity index is 1.69. The number of hydrogen-bond acceptors (Lipinski definition) is 3. The summed E-state index contributed by atoms with van der Waals surface area (Å²) in [6, 6.07) is 15.5. The van der Waals surface area contributed by atoms with Crippen LogP contribution in [0.3, 0.4) is 0 Å². The van der Waals surface area contributed by atoms with E-state index in [0.717, 1.165) is 10.8 Å². The highest BCUT2D eigenvalue weighted by molar-refractivity contribution is 6.36. The molecule has 0 aromatic heterocycles. The molecule has 170 valence electrons. The molecule has 0 aliphatic carbocycles. The van der Waals surface area contributed by atoms with Gasteiger partial charge in [0.05, 0.1) is 5.69 Å². The lowest BCUT2D eigenvalue weighted by Gasteiger charge is -2.32. The average Bonchev–Trinajstić information content (AvgIpc) is 3.08. The molecule has 1 heterocycles. The summed E-state index contributed by atoms with van der Waals surface area (Å²) in [4.78, 5) is 42.3. The van der Waals surface area contributed by atoms with Gasteiger partial charge in [-0.2, -0.15) is 0 Å². The summed E-state index contributed by atoms with van der Waals surface area (Å²) >= 11 is 12.7. The first-order chi connectivity index (χ1) is 15.9. The van der Waals surface area contributed by atoms with Crippen LogP contribution in [0.25, 0.3) is 10.8 Å². The van der Waals surface area contributed by atoms with E-state index < -0.39 is 6.04 Å². The Morgan fingerprint density at radius 1 is 1.03 bits per heavy atom. The van der Waals surface area contributed by atoms with Gasteiger partial charge in [0, 0.05) is 40.2 Å². The predicted octanol–water partition coefficient (Wildman–Crippen LogP) is 4.66. The molecule has 0 radical (unpaired) electrons. The van der Waals surface area contributed by atoms with Crippen LogP contribution in [0.2, 0.25) is 10.0 Å². The minimum absolute atomic E-state index is 0.0441. The molecule has 1 aliphatic heterocycles. The average molecular weight is 484 g/mol. The van der Waals surface area contributed by atoms with Gasteiger partial charge in [-0.1, -0.05) is 60.5 Å². The molecule has 0 unspecified atom stereocenters. The molecule has 1 aliphatic rings. The van der Waals surface area contributed by atoms with E-state index in [1.54, 1.807) is 24.3 Å². The van der Waals surface area contributed by atoms with Gasteiger partial charge < -0.3 is 10.2 Å². The van der Waals surface area contributed by atoms with Crippen molar-refractivity contribution in [1.82, 2.24) is 10.2 Å². The summed E-state index contributed by atoms with van der Waals surface area (Å²) in [5, 5.41) is 5.19. The van der Waals surface area contributed by atoms with Crippen molar-refractivity contribution < 1.29 is 14.4 Å². The number of anilines is 1. The fourth-order valence-electron chi connectivity index (χ4n) is 4.30. The van der Waals surface area contributed by atoms with Crippen molar-refractivity contribution in [3.63, 3.8) is 0 Å². The Morgan fingerprint density at radius 2 is 1.67 bits per heavy atom. The summed E-state index contributed by atoms with van der Waals surface area (Å²) in [6.45, 7) is 1.66. The summed E-state index contributed by atoms with van der Waals surface area (Å²) < 4.78 is 0. The quantitative estimate of drug-likeness (QED) is 0.531. The highest BCUT2D eigenvalue weighted by Crippen LogP contribution is 2.37. The SMILES string of the molecule is CC[C@@H](C(=O)NC)N(Cc1c(Cl)cccc1Cl)C(=O)CN1C(=O)c2cccc3cccc1c23. The lowest BCUT2D eigenvalue weighted by molar-refractivity contribution is -0.140. The largest absolute Gasteiger partial charge is 0.357 e. The number of carbonyl (C=O) groups is 3. The van der Waals surface area contributed by atoms with Gasteiger partial charge in [0.2, 0.25) is 11.8 Å². The lowest BCUT2D eigenvalue weighted by Crippen LogP contribution is -2.51. The van der Waals surface area contributed by atoms with Crippen LogP contribution in [0.1, 0.15) is 29.3 Å². The van der Waals surface area contributed by atoms with Crippen LogP contribution in [0, 0.1) is 0 Å². The van der Waals surface area contributed by atoms with E-state index in [9.17, 15) is 14.4 Å². The molecular weight excluding hydrogens is 461 g/mol. The molecule has 33 heavy (non-hydrogen) atoms. The van der Waals surface area contributed by atoms with Gasteiger partial charge in [-0.25, -0.2) is 0 Å². The highest BCUT2D eigenvalue weighted by atomic mass is 35.5. The highest BCUT2D eigenvalue weighted by Gasteiger charge is 2.35. The third-order valence-electron chi connectivity index (χ3n) is 5.96. The van der Waals surface area contributed by atoms with Crippen molar-refractivity contribution in [3.8, 4) is 0 Å². The van der Waals surface area contributed by atoms with Crippen molar-refractivity contribution in [2.75, 3.05) is 18.5 Å². The Bertz CT molecular complexity index is 1240. The van der Waals surface area contributed by atoms with Crippen LogP contribution in [0.15, 0.2) is 54.6 Å². The van der Waals surface area contributed by atoms with E-state index in [2.05, 4.69) is 5.32 Å². The van der Waals surface area contributed by atoms with E-state index in [-0.39, 0.29) is 30.8 Å². The molecule has 1 atom stereocenters. The maximum atomic E-state index is 13.6. The minimum Gasteiger partial charge on any atom is -0.357 e. The third kappa shape index (κ3) is 4.16. The van der Waals surface area contributed by atoms with Gasteiger partial charge >= 0.3 is 0 Å². The summed E-state index contributed by atoms with van der Waals surface area (Å²) in [6.07, 6.45) is 0.386. The topological polar surface area (TPSA) is 69.7 Å². The summed E-state index contributed by atoms with van der Waals surface area (Å²) in [7, 11) is 1.53. The molecule has 6 nitrogen and oxygen atoms in total. The molecule has 0 fully saturated rings. The van der Waals surface area contributed by atoms with Gasteiger partial charge in [0.25, 0.3) is 5.91 Å². The Hall–Kier alpha value is -3.09. The smallest absolute Gasteiger partial charge is 0.259 e. The first kappa shape index (κ1) is 23.1. The maximum absolute atomic E-state index is 13.6. The zero-order valence-corrected chi connectivity index (χ0v) is 19.8. The normalized spacial score (nSPS) is 13.3. The second-order valence-electron chi connectivity index (χ2n) is 7.83. The van der Waals surface area contributed by atoms with Gasteiger partial charge in [-0.3, -0.25) is 19.3 Å². The van der Waals surface area contributed by atoms with E-state index >= 15 is 0 Å². The number of nitrogens with one attached hydrogen (secondary N) is 1. The zero-order valence-electron chi connectivity index (χ0n) is 18.3. The Labute approximate surface area is 202 Å². The number of amides is 3. The van der Waals surface area contributed by atoms with E-state index in [1.807, 2.05) is 37.3 Å². The van der Waals surface area contributed by atoms with Gasteiger partial charge in [0.1, 0.15) is 12.6 Å². The second kappa shape index (κ2) is 9.41. The van der Waals surface area contributed by atoms with Crippen molar-refractivity contribution in [2.24, 2.45) is 0 Å². The molecule has 0 saturated carbocycles. The molecule has 4 rings (SSSR count). The lowest BCUT2D eigenvalue weighted by atomic mass is 10.1. The molecule has 3 amide bonds. The first-order valence-corrected chi connectivity index (χ1v) is 11.4. The van der Waals surface area contributed by atoms with E-state index in [1.165, 1.54) is 16.8 Å². The molecule has 0 saturated heterocycles. The van der Waals surface area contributed by atoms with Gasteiger partial charge in [0.15, 0.2) is 0 Å². The van der Waals surface area contributed by atoms with Gasteiger partial charge in [-0.15, -0.1) is 0 Å². The number of rotatable bonds is 7. The maximum Gasteiger partial charge on any atom is 0.259 e. The molecule has 1 N–H and O–H groups in total. The van der Waals surface area contributed by atoms with E-state index in [4.69, 9.17) is 23.2 Å². The zero-order chi connectivity index (χ0) is 23.7. The number of benzene rings is 3. The number of hydrogen-bond donors (Lipinski definition) is 1. The fraction of sp³-hybridized carbons (Fsp3) is 0.240. The van der Waals surface area contributed by atoms with Crippen LogP contribution in [0.4, 0.5) is 5.69 Å². The predicted molar refractivity (Wildman–Crippen MR) is 131 cm³/mol. The second-order valence-corrected chi connectivity index (χ2v) is 8.65. The number of nitrogens with zero attached hydrogens (tertiary/aromatic N) is 2. The first-order valence-electron chi connectivity index (χ1n) is 10.6. The fourth-order valence-corrected chi connectivity index (χ4v) is 4.82. The molecule has 3 aromatic rings. The monoisotopic (exact) mass is 483 g/mol. The van der Waals surface area contributed by atoms with Crippen molar-refractivity contribution in [1.29, 1.82) is 0 Å². The van der Waals surface area contributed by atoms with Crippen molar-refractivity contribution >= 4 is 57.4 Å². The molecular formula is C25H23Cl2N3O3. The van der Waals surface area contributed by atoms with Crippen LogP contribution < -0.4 is 10.2 Å². The molecule has 8 heteroatoms. The van der Waals surface area contributed by atoms with Crippen LogP contribution in [0.5, 0.6) is 0 Å². The molecule has 0 bridgehead atoms. The van der Waals surface area contributed by atoms with Gasteiger partial charge in [-0.05, 0) is 36.1 Å². The van der Waals surface area contributed by atoms with Crippen molar-refractivity contribution in [3.05, 3.63) is 75.8 Å². The minimum atomic E-state index is -0.745. The standard InChI is InChI=1S/C25H23Cl2N3O3/c1-3-20(24(32)28-2)29(13-17-18(26)10-6-11-19(17)27)22(31)14-30-21-12-5-8-15-7-4-9-16(23(15)21)25(30)33/h4-12,20H,3,13-14H2,1-2H3,(H,28,32)/t20-/m0/s1. The number of likely N-dealkylation sites (N-methyl/N-ethyl adjacent to an activating group) is 1. The van der Waals surface area contributed by atoms with Crippen LogP contribution >= 0.6 is 23.2 Å².